The van der Waals surface area contributed by atoms with Crippen molar-refractivity contribution >= 4 is 31.9 Å². The predicted molar refractivity (Wildman–Crippen MR) is 92.2 cm³/mol. The van der Waals surface area contributed by atoms with Gasteiger partial charge in [0.25, 0.3) is 0 Å². The van der Waals surface area contributed by atoms with Gasteiger partial charge in [-0.2, -0.15) is 4.72 Å². The Morgan fingerprint density at radius 2 is 1.83 bits per heavy atom. The minimum absolute atomic E-state index is 0.131. The van der Waals surface area contributed by atoms with Crippen molar-refractivity contribution < 1.29 is 13.2 Å². The minimum atomic E-state index is -3.71. The highest BCUT2D eigenvalue weighted by Crippen LogP contribution is 2.11. The molecule has 0 saturated carbocycles. The van der Waals surface area contributed by atoms with Crippen LogP contribution in [0, 0.1) is 0 Å². The number of halogens is 1. The van der Waals surface area contributed by atoms with Gasteiger partial charge in [0.2, 0.25) is 15.9 Å². The molecule has 0 unspecified atom stereocenters. The van der Waals surface area contributed by atoms with E-state index in [2.05, 4.69) is 26.0 Å². The Hall–Kier alpha value is -1.70. The van der Waals surface area contributed by atoms with Crippen LogP contribution in [0.25, 0.3) is 0 Å². The first kappa shape index (κ1) is 17.7. The van der Waals surface area contributed by atoms with E-state index < -0.39 is 16.1 Å². The second-order valence-electron chi connectivity index (χ2n) is 5.00. The van der Waals surface area contributed by atoms with E-state index in [1.807, 2.05) is 24.3 Å². The Bertz CT molecular complexity index is 779. The fourth-order valence-electron chi connectivity index (χ4n) is 1.94. The van der Waals surface area contributed by atoms with E-state index in [1.54, 1.807) is 18.2 Å². The van der Waals surface area contributed by atoms with Crippen LogP contribution in [0.5, 0.6) is 0 Å². The Balaban J connectivity index is 1.95. The molecule has 0 aromatic heterocycles. The lowest BCUT2D eigenvalue weighted by Gasteiger charge is -2.14. The molecule has 2 N–H and O–H groups in total. The van der Waals surface area contributed by atoms with Crippen LogP contribution < -0.4 is 10.0 Å². The average molecular weight is 397 g/mol. The molecule has 2 aromatic carbocycles. The van der Waals surface area contributed by atoms with Gasteiger partial charge in [0.15, 0.2) is 0 Å². The number of hydrogen-bond donors (Lipinski definition) is 2. The van der Waals surface area contributed by atoms with Gasteiger partial charge in [-0.1, -0.05) is 46.3 Å². The van der Waals surface area contributed by atoms with E-state index in [9.17, 15) is 13.2 Å². The smallest absolute Gasteiger partial charge is 0.241 e. The molecule has 0 bridgehead atoms. The van der Waals surface area contributed by atoms with Crippen LogP contribution >= 0.6 is 15.9 Å². The maximum atomic E-state index is 12.2. The van der Waals surface area contributed by atoms with Gasteiger partial charge in [-0.25, -0.2) is 8.42 Å². The molecule has 1 amide bonds. The molecule has 2 aromatic rings. The molecule has 7 heteroatoms. The molecular weight excluding hydrogens is 380 g/mol. The Labute approximate surface area is 144 Å². The van der Waals surface area contributed by atoms with Crippen LogP contribution in [-0.2, 0) is 21.4 Å². The summed E-state index contributed by atoms with van der Waals surface area (Å²) in [4.78, 5) is 12.2. The number of benzene rings is 2. The SMILES string of the molecule is C[C@H](NS(=O)(=O)c1ccccc1)C(=O)NCc1cccc(Br)c1. The van der Waals surface area contributed by atoms with Crippen molar-refractivity contribution in [2.75, 3.05) is 0 Å². The number of rotatable bonds is 6. The monoisotopic (exact) mass is 396 g/mol. The van der Waals surface area contributed by atoms with Gasteiger partial charge < -0.3 is 5.32 Å². The summed E-state index contributed by atoms with van der Waals surface area (Å²) in [7, 11) is -3.71. The van der Waals surface area contributed by atoms with Crippen LogP contribution in [0.3, 0.4) is 0 Å². The van der Waals surface area contributed by atoms with Crippen molar-refractivity contribution in [3.63, 3.8) is 0 Å². The highest BCUT2D eigenvalue weighted by molar-refractivity contribution is 9.10. The summed E-state index contributed by atoms with van der Waals surface area (Å²) in [5.74, 6) is -0.385. The molecule has 2 rings (SSSR count). The fourth-order valence-corrected chi connectivity index (χ4v) is 3.61. The van der Waals surface area contributed by atoms with Gasteiger partial charge in [-0.15, -0.1) is 0 Å². The zero-order chi connectivity index (χ0) is 16.9. The first-order chi connectivity index (χ1) is 10.9. The summed E-state index contributed by atoms with van der Waals surface area (Å²) < 4.78 is 27.6. The number of carbonyl (C=O) groups excluding carboxylic acids is 1. The number of nitrogens with one attached hydrogen (secondary N) is 2. The molecule has 0 fully saturated rings. The quantitative estimate of drug-likeness (QED) is 0.786. The zero-order valence-electron chi connectivity index (χ0n) is 12.5. The summed E-state index contributed by atoms with van der Waals surface area (Å²) in [5, 5.41) is 2.71. The molecule has 0 radical (unpaired) electrons. The molecule has 0 aliphatic heterocycles. The standard InChI is InChI=1S/C16H17BrN2O3S/c1-12(19-23(21,22)15-8-3-2-4-9-15)16(20)18-11-13-6-5-7-14(17)10-13/h2-10,12,19H,11H2,1H3,(H,18,20)/t12-/m0/s1. The van der Waals surface area contributed by atoms with E-state index in [0.29, 0.717) is 6.54 Å². The van der Waals surface area contributed by atoms with Crippen molar-refractivity contribution in [1.82, 2.24) is 10.0 Å². The Morgan fingerprint density at radius 1 is 1.13 bits per heavy atom. The van der Waals surface area contributed by atoms with E-state index >= 15 is 0 Å². The summed E-state index contributed by atoms with van der Waals surface area (Å²) in [5.41, 5.74) is 0.922. The molecule has 122 valence electrons. The Kier molecular flexibility index (Phi) is 5.92. The van der Waals surface area contributed by atoms with Crippen LogP contribution in [-0.4, -0.2) is 20.4 Å². The molecule has 5 nitrogen and oxygen atoms in total. The second kappa shape index (κ2) is 7.72. The van der Waals surface area contributed by atoms with Crippen molar-refractivity contribution in [1.29, 1.82) is 0 Å². The molecule has 0 spiro atoms. The third-order valence-electron chi connectivity index (χ3n) is 3.13. The van der Waals surface area contributed by atoms with Crippen molar-refractivity contribution in [3.05, 3.63) is 64.6 Å². The zero-order valence-corrected chi connectivity index (χ0v) is 14.9. The van der Waals surface area contributed by atoms with Crippen LogP contribution in [0.1, 0.15) is 12.5 Å². The van der Waals surface area contributed by atoms with Gasteiger partial charge in [0, 0.05) is 11.0 Å². The predicted octanol–water partition coefficient (Wildman–Crippen LogP) is 2.43. The van der Waals surface area contributed by atoms with Gasteiger partial charge in [-0.05, 0) is 36.8 Å². The summed E-state index contributed by atoms with van der Waals surface area (Å²) in [6.45, 7) is 1.84. The number of sulfonamides is 1. The van der Waals surface area contributed by atoms with E-state index in [0.717, 1.165) is 10.0 Å². The molecule has 0 saturated heterocycles. The molecule has 0 aliphatic carbocycles. The summed E-state index contributed by atoms with van der Waals surface area (Å²) >= 11 is 3.36. The maximum absolute atomic E-state index is 12.2. The maximum Gasteiger partial charge on any atom is 0.241 e. The molecular formula is C16H17BrN2O3S. The second-order valence-corrected chi connectivity index (χ2v) is 7.63. The first-order valence-corrected chi connectivity index (χ1v) is 9.25. The lowest BCUT2D eigenvalue weighted by atomic mass is 10.2. The van der Waals surface area contributed by atoms with Crippen LogP contribution in [0.4, 0.5) is 0 Å². The molecule has 0 heterocycles. The summed E-state index contributed by atoms with van der Waals surface area (Å²) in [6.07, 6.45) is 0. The van der Waals surface area contributed by atoms with Gasteiger partial charge in [-0.3, -0.25) is 4.79 Å². The minimum Gasteiger partial charge on any atom is -0.351 e. The lowest BCUT2D eigenvalue weighted by Crippen LogP contribution is -2.44. The molecule has 1 atom stereocenters. The highest BCUT2D eigenvalue weighted by atomic mass is 79.9. The molecule has 0 aliphatic rings. The number of carbonyl (C=O) groups is 1. The Morgan fingerprint density at radius 3 is 2.48 bits per heavy atom. The van der Waals surface area contributed by atoms with E-state index in [4.69, 9.17) is 0 Å². The fraction of sp³-hybridized carbons (Fsp3) is 0.188. The highest BCUT2D eigenvalue weighted by Gasteiger charge is 2.21. The third kappa shape index (κ3) is 5.16. The van der Waals surface area contributed by atoms with Crippen LogP contribution in [0.2, 0.25) is 0 Å². The van der Waals surface area contributed by atoms with Gasteiger partial charge in [0.05, 0.1) is 10.9 Å². The first-order valence-electron chi connectivity index (χ1n) is 6.98. The van der Waals surface area contributed by atoms with E-state index in [1.165, 1.54) is 19.1 Å². The van der Waals surface area contributed by atoms with Gasteiger partial charge >= 0.3 is 0 Å². The van der Waals surface area contributed by atoms with E-state index in [-0.39, 0.29) is 10.8 Å². The van der Waals surface area contributed by atoms with Gasteiger partial charge in [0.1, 0.15) is 0 Å². The lowest BCUT2D eigenvalue weighted by molar-refractivity contribution is -0.122. The topological polar surface area (TPSA) is 75.3 Å². The summed E-state index contributed by atoms with van der Waals surface area (Å²) in [6, 6.07) is 14.6. The average Bonchev–Trinajstić information content (AvgIpc) is 2.53. The number of amides is 1. The van der Waals surface area contributed by atoms with Crippen molar-refractivity contribution in [2.45, 2.75) is 24.4 Å². The van der Waals surface area contributed by atoms with Crippen LogP contribution in [0.15, 0.2) is 64.0 Å². The molecule has 23 heavy (non-hydrogen) atoms. The van der Waals surface area contributed by atoms with Crippen molar-refractivity contribution in [3.8, 4) is 0 Å². The largest absolute Gasteiger partial charge is 0.351 e. The number of hydrogen-bond acceptors (Lipinski definition) is 3. The van der Waals surface area contributed by atoms with Crippen molar-refractivity contribution in [2.24, 2.45) is 0 Å². The normalized spacial score (nSPS) is 12.6. The third-order valence-corrected chi connectivity index (χ3v) is 5.18.